The van der Waals surface area contributed by atoms with Crippen LogP contribution < -0.4 is 4.74 Å². The summed E-state index contributed by atoms with van der Waals surface area (Å²) >= 11 is 0. The van der Waals surface area contributed by atoms with Crippen molar-refractivity contribution in [3.63, 3.8) is 0 Å². The Kier molecular flexibility index (Phi) is 4.39. The first-order valence-electron chi connectivity index (χ1n) is 5.99. The molecule has 6 heteroatoms. The minimum Gasteiger partial charge on any atom is -0.427 e. The Morgan fingerprint density at radius 1 is 1.25 bits per heavy atom. The van der Waals surface area contributed by atoms with Crippen LogP contribution in [0.25, 0.3) is 0 Å². The summed E-state index contributed by atoms with van der Waals surface area (Å²) in [6.07, 6.45) is 4.13. The monoisotopic (exact) mass is 272 g/mol. The average molecular weight is 272 g/mol. The Hall–Kier alpha value is -2.76. The van der Waals surface area contributed by atoms with Gasteiger partial charge in [0.15, 0.2) is 0 Å². The van der Waals surface area contributed by atoms with Crippen molar-refractivity contribution in [2.45, 2.75) is 12.8 Å². The maximum atomic E-state index is 11.6. The van der Waals surface area contributed by atoms with Gasteiger partial charge in [-0.3, -0.25) is 19.9 Å². The Morgan fingerprint density at radius 3 is 2.60 bits per heavy atom. The molecule has 1 aromatic heterocycles. The van der Waals surface area contributed by atoms with Gasteiger partial charge in [-0.05, 0) is 30.2 Å². The van der Waals surface area contributed by atoms with Crippen LogP contribution in [-0.4, -0.2) is 15.9 Å². The van der Waals surface area contributed by atoms with Gasteiger partial charge in [0.2, 0.25) is 0 Å². The van der Waals surface area contributed by atoms with Crippen molar-refractivity contribution in [2.75, 3.05) is 0 Å². The summed E-state index contributed by atoms with van der Waals surface area (Å²) in [5.41, 5.74) is 0.910. The van der Waals surface area contributed by atoms with Crippen molar-refractivity contribution in [3.8, 4) is 5.75 Å². The lowest BCUT2D eigenvalue weighted by molar-refractivity contribution is -0.384. The Morgan fingerprint density at radius 2 is 2.00 bits per heavy atom. The van der Waals surface area contributed by atoms with E-state index in [1.54, 1.807) is 18.5 Å². The topological polar surface area (TPSA) is 82.3 Å². The van der Waals surface area contributed by atoms with Gasteiger partial charge in [-0.1, -0.05) is 6.07 Å². The van der Waals surface area contributed by atoms with E-state index in [9.17, 15) is 14.9 Å². The number of aromatic nitrogens is 1. The van der Waals surface area contributed by atoms with Crippen LogP contribution in [0.2, 0.25) is 0 Å². The first kappa shape index (κ1) is 13.7. The molecule has 0 radical (unpaired) electrons. The lowest BCUT2D eigenvalue weighted by Crippen LogP contribution is -2.09. The molecule has 0 amide bonds. The third kappa shape index (κ3) is 3.88. The van der Waals surface area contributed by atoms with E-state index in [2.05, 4.69) is 4.98 Å². The Labute approximate surface area is 115 Å². The molecule has 0 aliphatic rings. The summed E-state index contributed by atoms with van der Waals surface area (Å²) in [5, 5.41) is 10.5. The summed E-state index contributed by atoms with van der Waals surface area (Å²) in [5.74, 6) is -0.0884. The van der Waals surface area contributed by atoms with Crippen LogP contribution in [0, 0.1) is 10.1 Å². The van der Waals surface area contributed by atoms with Gasteiger partial charge in [-0.25, -0.2) is 0 Å². The minimum absolute atomic E-state index is 0.0415. The third-order valence-corrected chi connectivity index (χ3v) is 2.62. The lowest BCUT2D eigenvalue weighted by atomic mass is 10.2. The maximum absolute atomic E-state index is 11.6. The molecule has 1 heterocycles. The number of ether oxygens (including phenoxy) is 1. The fourth-order valence-electron chi connectivity index (χ4n) is 1.61. The number of nitrogens with zero attached hydrogens (tertiary/aromatic N) is 2. The molecule has 0 fully saturated rings. The fourth-order valence-corrected chi connectivity index (χ4v) is 1.61. The van der Waals surface area contributed by atoms with Gasteiger partial charge in [-0.15, -0.1) is 0 Å². The van der Waals surface area contributed by atoms with Gasteiger partial charge in [-0.2, -0.15) is 0 Å². The van der Waals surface area contributed by atoms with Crippen LogP contribution in [0.1, 0.15) is 12.0 Å². The highest BCUT2D eigenvalue weighted by atomic mass is 16.6. The molecule has 2 rings (SSSR count). The number of esters is 1. The zero-order valence-corrected chi connectivity index (χ0v) is 10.6. The van der Waals surface area contributed by atoms with Crippen LogP contribution in [0.15, 0.2) is 48.8 Å². The van der Waals surface area contributed by atoms with Gasteiger partial charge in [0.05, 0.1) is 11.3 Å². The molecule has 0 saturated heterocycles. The standard InChI is InChI=1S/C14H12N2O4/c17-14(8-3-11-2-1-9-15-10-11)20-13-6-4-12(5-7-13)16(18)19/h1-2,4-7,9-10H,3,8H2. The number of rotatable bonds is 5. The fraction of sp³-hybridized carbons (Fsp3) is 0.143. The summed E-state index contributed by atoms with van der Waals surface area (Å²) in [6, 6.07) is 9.08. The largest absolute Gasteiger partial charge is 0.427 e. The van der Waals surface area contributed by atoms with Crippen molar-refractivity contribution >= 4 is 11.7 Å². The second-order valence-electron chi connectivity index (χ2n) is 4.09. The number of hydrogen-bond acceptors (Lipinski definition) is 5. The molecular weight excluding hydrogens is 260 g/mol. The van der Waals surface area contributed by atoms with Crippen molar-refractivity contribution in [2.24, 2.45) is 0 Å². The number of carbonyl (C=O) groups is 1. The molecule has 0 N–H and O–H groups in total. The summed E-state index contributed by atoms with van der Waals surface area (Å²) in [7, 11) is 0. The molecular formula is C14H12N2O4. The number of hydrogen-bond donors (Lipinski definition) is 0. The number of nitro benzene ring substituents is 1. The Bertz CT molecular complexity index is 596. The highest BCUT2D eigenvalue weighted by molar-refractivity contribution is 5.72. The first-order valence-corrected chi connectivity index (χ1v) is 5.99. The second kappa shape index (κ2) is 6.42. The smallest absolute Gasteiger partial charge is 0.311 e. The lowest BCUT2D eigenvalue weighted by Gasteiger charge is -2.04. The maximum Gasteiger partial charge on any atom is 0.311 e. The van der Waals surface area contributed by atoms with Crippen molar-refractivity contribution in [3.05, 3.63) is 64.5 Å². The number of pyridine rings is 1. The van der Waals surface area contributed by atoms with Gasteiger partial charge in [0.1, 0.15) is 5.75 Å². The predicted molar refractivity (Wildman–Crippen MR) is 71.3 cm³/mol. The van der Waals surface area contributed by atoms with Crippen molar-refractivity contribution in [1.82, 2.24) is 4.98 Å². The van der Waals surface area contributed by atoms with E-state index in [-0.39, 0.29) is 18.1 Å². The highest BCUT2D eigenvalue weighted by Gasteiger charge is 2.08. The number of non-ortho nitro benzene ring substituents is 1. The van der Waals surface area contributed by atoms with E-state index in [1.807, 2.05) is 6.07 Å². The van der Waals surface area contributed by atoms with Gasteiger partial charge in [0, 0.05) is 24.5 Å². The quantitative estimate of drug-likeness (QED) is 0.361. The Balaban J connectivity index is 1.86. The van der Waals surface area contributed by atoms with Crippen molar-refractivity contribution in [1.29, 1.82) is 0 Å². The molecule has 2 aromatic rings. The number of carbonyl (C=O) groups excluding carboxylic acids is 1. The highest BCUT2D eigenvalue weighted by Crippen LogP contribution is 2.17. The van der Waals surface area contributed by atoms with E-state index < -0.39 is 4.92 Å². The molecule has 1 aromatic carbocycles. The molecule has 20 heavy (non-hydrogen) atoms. The molecule has 6 nitrogen and oxygen atoms in total. The van der Waals surface area contributed by atoms with Crippen molar-refractivity contribution < 1.29 is 14.5 Å². The molecule has 0 spiro atoms. The van der Waals surface area contributed by atoms with Gasteiger partial charge in [0.25, 0.3) is 5.69 Å². The summed E-state index contributed by atoms with van der Waals surface area (Å²) in [4.78, 5) is 25.6. The average Bonchev–Trinajstić information content (AvgIpc) is 2.47. The van der Waals surface area contributed by atoms with Crippen LogP contribution in [0.5, 0.6) is 5.75 Å². The molecule has 102 valence electrons. The third-order valence-electron chi connectivity index (χ3n) is 2.62. The summed E-state index contributed by atoms with van der Waals surface area (Å²) in [6.45, 7) is 0. The predicted octanol–water partition coefficient (Wildman–Crippen LogP) is 2.53. The van der Waals surface area contributed by atoms with E-state index in [4.69, 9.17) is 4.74 Å². The van der Waals surface area contributed by atoms with E-state index in [0.717, 1.165) is 5.56 Å². The van der Waals surface area contributed by atoms with E-state index in [0.29, 0.717) is 12.2 Å². The summed E-state index contributed by atoms with van der Waals surface area (Å²) < 4.78 is 5.09. The van der Waals surface area contributed by atoms with E-state index in [1.165, 1.54) is 24.3 Å². The van der Waals surface area contributed by atoms with Crippen LogP contribution >= 0.6 is 0 Å². The SMILES string of the molecule is O=C(CCc1cccnc1)Oc1ccc([N+](=O)[O-])cc1. The normalized spacial score (nSPS) is 10.0. The zero-order valence-electron chi connectivity index (χ0n) is 10.6. The molecule has 0 atom stereocenters. The van der Waals surface area contributed by atoms with E-state index >= 15 is 0 Å². The van der Waals surface area contributed by atoms with Crippen LogP contribution in [-0.2, 0) is 11.2 Å². The number of nitro groups is 1. The van der Waals surface area contributed by atoms with Gasteiger partial charge >= 0.3 is 5.97 Å². The molecule has 0 bridgehead atoms. The molecule has 0 unspecified atom stereocenters. The molecule has 0 saturated carbocycles. The first-order chi connectivity index (χ1) is 9.65. The van der Waals surface area contributed by atoms with Crippen LogP contribution in [0.4, 0.5) is 5.69 Å². The van der Waals surface area contributed by atoms with Crippen LogP contribution in [0.3, 0.4) is 0 Å². The molecule has 0 aliphatic heterocycles. The number of benzene rings is 1. The minimum atomic E-state index is -0.506. The number of aryl methyl sites for hydroxylation is 1. The zero-order chi connectivity index (χ0) is 14.4. The molecule has 0 aliphatic carbocycles. The second-order valence-corrected chi connectivity index (χ2v) is 4.09. The van der Waals surface area contributed by atoms with Gasteiger partial charge < -0.3 is 4.74 Å².